The van der Waals surface area contributed by atoms with Gasteiger partial charge in [0.2, 0.25) is 0 Å². The van der Waals surface area contributed by atoms with E-state index in [1.807, 2.05) is 30.3 Å². The normalized spacial score (nSPS) is 31.7. The van der Waals surface area contributed by atoms with Gasteiger partial charge in [-0.05, 0) is 5.56 Å². The Balaban J connectivity index is 1.95. The van der Waals surface area contributed by atoms with E-state index in [1.165, 1.54) is 7.11 Å². The molecule has 0 amide bonds. The molecule has 5 heteroatoms. The largest absolute Gasteiger partial charge is 0.394 e. The predicted molar refractivity (Wildman–Crippen MR) is 63.8 cm³/mol. The highest BCUT2D eigenvalue weighted by Crippen LogP contribution is 2.25. The molecule has 0 radical (unpaired) electrons. The average Bonchev–Trinajstić information content (AvgIpc) is 2.73. The first-order valence-corrected chi connectivity index (χ1v) is 5.89. The van der Waals surface area contributed by atoms with E-state index in [0.717, 1.165) is 5.56 Å². The quantitative estimate of drug-likeness (QED) is 0.791. The molecule has 0 aromatic heterocycles. The maximum Gasteiger partial charge on any atom is 0.186 e. The zero-order valence-corrected chi connectivity index (χ0v) is 10.2. The number of ether oxygens (including phenoxy) is 3. The van der Waals surface area contributed by atoms with Crippen molar-refractivity contribution in [3.05, 3.63) is 35.9 Å². The third kappa shape index (κ3) is 2.88. The molecule has 18 heavy (non-hydrogen) atoms. The number of rotatable bonds is 5. The van der Waals surface area contributed by atoms with Crippen LogP contribution in [0.5, 0.6) is 0 Å². The molecule has 1 fully saturated rings. The molecule has 5 nitrogen and oxygen atoms in total. The lowest BCUT2D eigenvalue weighted by Gasteiger charge is -2.19. The molecule has 2 rings (SSSR count). The second-order valence-electron chi connectivity index (χ2n) is 4.21. The molecule has 1 aliphatic rings. The molecule has 0 bridgehead atoms. The van der Waals surface area contributed by atoms with Crippen molar-refractivity contribution in [1.82, 2.24) is 0 Å². The molecule has 0 spiro atoms. The smallest absolute Gasteiger partial charge is 0.186 e. The first-order valence-electron chi connectivity index (χ1n) is 5.89. The summed E-state index contributed by atoms with van der Waals surface area (Å²) in [7, 11) is 1.48. The maximum absolute atomic E-state index is 9.94. The van der Waals surface area contributed by atoms with Crippen LogP contribution in [0.4, 0.5) is 0 Å². The molecule has 1 aromatic rings. The number of hydrogen-bond donors (Lipinski definition) is 2. The topological polar surface area (TPSA) is 68.2 Å². The summed E-state index contributed by atoms with van der Waals surface area (Å²) in [6.45, 7) is 0.107. The lowest BCUT2D eigenvalue weighted by molar-refractivity contribution is -0.168. The van der Waals surface area contributed by atoms with Crippen LogP contribution in [0, 0.1) is 0 Å². The Bertz CT molecular complexity index is 354. The molecule has 1 aliphatic heterocycles. The number of hydrogen-bond acceptors (Lipinski definition) is 5. The van der Waals surface area contributed by atoms with Crippen LogP contribution < -0.4 is 0 Å². The van der Waals surface area contributed by atoms with Crippen molar-refractivity contribution in [3.63, 3.8) is 0 Å². The highest BCUT2D eigenvalue weighted by molar-refractivity contribution is 5.13. The Morgan fingerprint density at radius 3 is 2.61 bits per heavy atom. The van der Waals surface area contributed by atoms with Crippen molar-refractivity contribution in [2.24, 2.45) is 0 Å². The van der Waals surface area contributed by atoms with Gasteiger partial charge >= 0.3 is 0 Å². The summed E-state index contributed by atoms with van der Waals surface area (Å²) in [5, 5.41) is 19.0. The fourth-order valence-corrected chi connectivity index (χ4v) is 1.99. The third-order valence-corrected chi connectivity index (χ3v) is 2.99. The van der Waals surface area contributed by atoms with Gasteiger partial charge in [-0.1, -0.05) is 30.3 Å². The van der Waals surface area contributed by atoms with Crippen LogP contribution in [0.3, 0.4) is 0 Å². The summed E-state index contributed by atoms with van der Waals surface area (Å²) in [6.07, 6.45) is -2.78. The van der Waals surface area contributed by atoms with E-state index >= 15 is 0 Å². The average molecular weight is 254 g/mol. The molecule has 0 saturated carbocycles. The monoisotopic (exact) mass is 254 g/mol. The van der Waals surface area contributed by atoms with Gasteiger partial charge in [0.15, 0.2) is 6.29 Å². The molecular formula is C13H18O5. The molecule has 0 aliphatic carbocycles. The number of benzene rings is 1. The van der Waals surface area contributed by atoms with E-state index in [0.29, 0.717) is 6.61 Å². The summed E-state index contributed by atoms with van der Waals surface area (Å²) >= 11 is 0. The minimum absolute atomic E-state index is 0.258. The third-order valence-electron chi connectivity index (χ3n) is 2.99. The van der Waals surface area contributed by atoms with E-state index in [2.05, 4.69) is 0 Å². The highest BCUT2D eigenvalue weighted by atomic mass is 16.7. The van der Waals surface area contributed by atoms with Crippen LogP contribution in [0.2, 0.25) is 0 Å². The molecule has 2 N–H and O–H groups in total. The SMILES string of the molecule is COC1OC(CO)C(O)C1OCc1ccccc1. The van der Waals surface area contributed by atoms with E-state index in [4.69, 9.17) is 19.3 Å². The Morgan fingerprint density at radius 1 is 1.28 bits per heavy atom. The summed E-state index contributed by atoms with van der Waals surface area (Å²) < 4.78 is 16.0. The minimum Gasteiger partial charge on any atom is -0.394 e. The first kappa shape index (κ1) is 13.5. The number of methoxy groups -OCH3 is 1. The van der Waals surface area contributed by atoms with Crippen LogP contribution in [0.15, 0.2) is 30.3 Å². The lowest BCUT2D eigenvalue weighted by Crippen LogP contribution is -2.36. The van der Waals surface area contributed by atoms with Crippen LogP contribution in [0.1, 0.15) is 5.56 Å². The zero-order valence-electron chi connectivity index (χ0n) is 10.2. The Morgan fingerprint density at radius 2 is 2.00 bits per heavy atom. The van der Waals surface area contributed by atoms with E-state index < -0.39 is 24.6 Å². The summed E-state index contributed by atoms with van der Waals surface area (Å²) in [5.41, 5.74) is 1.01. The fraction of sp³-hybridized carbons (Fsp3) is 0.538. The maximum atomic E-state index is 9.94. The van der Waals surface area contributed by atoms with Gasteiger partial charge in [0.1, 0.15) is 18.3 Å². The van der Waals surface area contributed by atoms with Gasteiger partial charge < -0.3 is 24.4 Å². The summed E-state index contributed by atoms with van der Waals surface area (Å²) in [6, 6.07) is 9.65. The minimum atomic E-state index is -0.885. The van der Waals surface area contributed by atoms with E-state index in [9.17, 15) is 5.11 Å². The standard InChI is InChI=1S/C13H18O5/c1-16-13-12(11(15)10(7-14)18-13)17-8-9-5-3-2-4-6-9/h2-6,10-15H,7-8H2,1H3. The number of aliphatic hydroxyl groups is 2. The molecule has 1 aromatic carbocycles. The fourth-order valence-electron chi connectivity index (χ4n) is 1.99. The van der Waals surface area contributed by atoms with Gasteiger partial charge in [-0.2, -0.15) is 0 Å². The van der Waals surface area contributed by atoms with Gasteiger partial charge in [0, 0.05) is 7.11 Å². The van der Waals surface area contributed by atoms with Gasteiger partial charge in [-0.15, -0.1) is 0 Å². The van der Waals surface area contributed by atoms with E-state index in [1.54, 1.807) is 0 Å². The molecular weight excluding hydrogens is 236 g/mol. The van der Waals surface area contributed by atoms with Crippen LogP contribution >= 0.6 is 0 Å². The molecule has 4 atom stereocenters. The molecule has 4 unspecified atom stereocenters. The Labute approximate surface area is 106 Å². The van der Waals surface area contributed by atoms with Crippen molar-refractivity contribution in [1.29, 1.82) is 0 Å². The van der Waals surface area contributed by atoms with Gasteiger partial charge in [0.05, 0.1) is 13.2 Å². The summed E-state index contributed by atoms with van der Waals surface area (Å²) in [5.74, 6) is 0. The molecule has 1 saturated heterocycles. The Hall–Kier alpha value is -0.980. The van der Waals surface area contributed by atoms with Crippen molar-refractivity contribution < 1.29 is 24.4 Å². The van der Waals surface area contributed by atoms with E-state index in [-0.39, 0.29) is 6.61 Å². The number of aliphatic hydroxyl groups excluding tert-OH is 2. The molecule has 1 heterocycles. The highest BCUT2D eigenvalue weighted by Gasteiger charge is 2.44. The van der Waals surface area contributed by atoms with Gasteiger partial charge in [0.25, 0.3) is 0 Å². The van der Waals surface area contributed by atoms with Gasteiger partial charge in [-0.3, -0.25) is 0 Å². The van der Waals surface area contributed by atoms with Crippen LogP contribution in [-0.2, 0) is 20.8 Å². The molecule has 100 valence electrons. The van der Waals surface area contributed by atoms with Crippen LogP contribution in [0.25, 0.3) is 0 Å². The van der Waals surface area contributed by atoms with Crippen molar-refractivity contribution >= 4 is 0 Å². The van der Waals surface area contributed by atoms with Gasteiger partial charge in [-0.25, -0.2) is 0 Å². The zero-order chi connectivity index (χ0) is 13.0. The van der Waals surface area contributed by atoms with Crippen molar-refractivity contribution in [3.8, 4) is 0 Å². The van der Waals surface area contributed by atoms with Crippen LogP contribution in [-0.4, -0.2) is 48.5 Å². The second-order valence-corrected chi connectivity index (χ2v) is 4.21. The lowest BCUT2D eigenvalue weighted by atomic mass is 10.1. The predicted octanol–water partition coefficient (Wildman–Crippen LogP) is 0.296. The Kier molecular flexibility index (Phi) is 4.68. The van der Waals surface area contributed by atoms with Crippen molar-refractivity contribution in [2.75, 3.05) is 13.7 Å². The second kappa shape index (κ2) is 6.26. The summed E-state index contributed by atoms with van der Waals surface area (Å²) in [4.78, 5) is 0. The van der Waals surface area contributed by atoms with Crippen molar-refractivity contribution in [2.45, 2.75) is 31.2 Å². The first-order chi connectivity index (χ1) is 8.76.